The Kier molecular flexibility index (Phi) is 44.7. The maximum atomic E-state index is 12.6. The molecule has 0 rings (SSSR count). The molecule has 2 atom stereocenters. The fourth-order valence-electron chi connectivity index (χ4n) is 7.11. The van der Waals surface area contributed by atoms with Crippen molar-refractivity contribution >= 4 is 13.8 Å². The van der Waals surface area contributed by atoms with Crippen molar-refractivity contribution in [3.63, 3.8) is 0 Å². The van der Waals surface area contributed by atoms with Crippen molar-refractivity contribution in [2.45, 2.75) is 251 Å². The monoisotopic (exact) mass is 816 g/mol. The van der Waals surface area contributed by atoms with Gasteiger partial charge < -0.3 is 20.1 Å². The maximum Gasteiger partial charge on any atom is 0.472 e. The lowest BCUT2D eigenvalue weighted by molar-refractivity contribution is -0.154. The number of ether oxygens (including phenoxy) is 2. The Labute approximate surface area is 347 Å². The highest BCUT2D eigenvalue weighted by molar-refractivity contribution is 7.47. The maximum absolute atomic E-state index is 12.6. The molecule has 0 saturated carbocycles. The number of phosphoric ester groups is 1. The first-order valence-corrected chi connectivity index (χ1v) is 25.7. The first-order chi connectivity index (χ1) is 27.4. The molecule has 0 saturated heterocycles. The van der Waals surface area contributed by atoms with E-state index < -0.39 is 13.9 Å². The average Bonchev–Trinajstić information content (AvgIpc) is 3.19. The molecule has 334 valence electrons. The van der Waals surface area contributed by atoms with E-state index in [9.17, 15) is 14.3 Å². The van der Waals surface area contributed by atoms with Gasteiger partial charge in [-0.25, -0.2) is 4.57 Å². The predicted octanol–water partition coefficient (Wildman–Crippen LogP) is 14.6. The Balaban J connectivity index is 3.93. The number of phosphoric acid groups is 1. The van der Waals surface area contributed by atoms with Gasteiger partial charge in [0.1, 0.15) is 6.10 Å². The van der Waals surface area contributed by atoms with Crippen LogP contribution in [-0.2, 0) is 27.9 Å². The highest BCUT2D eigenvalue weighted by atomic mass is 31.2. The van der Waals surface area contributed by atoms with Crippen molar-refractivity contribution in [2.24, 2.45) is 5.73 Å². The molecule has 0 aliphatic rings. The normalized spacial score (nSPS) is 13.4. The number of rotatable bonds is 47. The van der Waals surface area contributed by atoms with Crippen LogP contribution in [0.25, 0.3) is 0 Å². The van der Waals surface area contributed by atoms with E-state index in [2.05, 4.69) is 26.0 Å². The zero-order chi connectivity index (χ0) is 40.9. The van der Waals surface area contributed by atoms with Gasteiger partial charge in [-0.05, 0) is 38.5 Å². The molecule has 8 nitrogen and oxygen atoms in total. The molecule has 0 aromatic rings. The smallest absolute Gasteiger partial charge is 0.457 e. The minimum Gasteiger partial charge on any atom is -0.457 e. The van der Waals surface area contributed by atoms with Crippen LogP contribution in [0.5, 0.6) is 0 Å². The summed E-state index contributed by atoms with van der Waals surface area (Å²) in [5, 5.41) is 0. The van der Waals surface area contributed by atoms with Crippen molar-refractivity contribution in [3.8, 4) is 0 Å². The van der Waals surface area contributed by atoms with Crippen molar-refractivity contribution in [1.82, 2.24) is 0 Å². The Hall–Kier alpha value is -0.760. The zero-order valence-corrected chi connectivity index (χ0v) is 38.0. The van der Waals surface area contributed by atoms with Crippen molar-refractivity contribution < 1.29 is 32.8 Å². The first kappa shape index (κ1) is 55.2. The summed E-state index contributed by atoms with van der Waals surface area (Å²) in [7, 11) is -4.27. The van der Waals surface area contributed by atoms with Crippen molar-refractivity contribution in [2.75, 3.05) is 33.0 Å². The van der Waals surface area contributed by atoms with Crippen LogP contribution in [0.3, 0.4) is 0 Å². The minimum atomic E-state index is -4.27. The summed E-state index contributed by atoms with van der Waals surface area (Å²) >= 11 is 0. The fraction of sp³-hybridized carbons (Fsp3) is 0.936. The number of hydrogen-bond acceptors (Lipinski definition) is 7. The molecule has 3 N–H and O–H groups in total. The van der Waals surface area contributed by atoms with Crippen LogP contribution in [0, 0.1) is 0 Å². The molecule has 9 heteroatoms. The number of unbranched alkanes of at least 4 members (excludes halogenated alkanes) is 32. The predicted molar refractivity (Wildman–Crippen MR) is 238 cm³/mol. The van der Waals surface area contributed by atoms with Crippen LogP contribution in [0.4, 0.5) is 0 Å². The number of carbonyl (C=O) groups is 1. The molecule has 56 heavy (non-hydrogen) atoms. The first-order valence-electron chi connectivity index (χ1n) is 24.2. The summed E-state index contributed by atoms with van der Waals surface area (Å²) in [5.74, 6) is -0.325. The largest absolute Gasteiger partial charge is 0.472 e. The quantitative estimate of drug-likeness (QED) is 0.0270. The molecular formula is C47H94NO7P. The van der Waals surface area contributed by atoms with E-state index in [0.717, 1.165) is 32.1 Å². The van der Waals surface area contributed by atoms with E-state index in [1.54, 1.807) is 0 Å². The summed E-state index contributed by atoms with van der Waals surface area (Å²) in [6.45, 7) is 4.97. The van der Waals surface area contributed by atoms with Crippen LogP contribution < -0.4 is 5.73 Å². The number of allylic oxidation sites excluding steroid dienone is 2. The second-order valence-electron chi connectivity index (χ2n) is 16.3. The van der Waals surface area contributed by atoms with Crippen LogP contribution in [0.15, 0.2) is 12.2 Å². The molecule has 0 bridgehead atoms. The third-order valence-corrected chi connectivity index (χ3v) is 11.7. The van der Waals surface area contributed by atoms with E-state index >= 15 is 0 Å². The molecule has 0 fully saturated rings. The van der Waals surface area contributed by atoms with Gasteiger partial charge in [0.2, 0.25) is 0 Å². The highest BCUT2D eigenvalue weighted by Gasteiger charge is 2.25. The van der Waals surface area contributed by atoms with Crippen LogP contribution >= 0.6 is 7.82 Å². The highest BCUT2D eigenvalue weighted by Crippen LogP contribution is 2.43. The third-order valence-electron chi connectivity index (χ3n) is 10.7. The molecule has 0 aromatic carbocycles. The third kappa shape index (κ3) is 44.3. The molecular weight excluding hydrogens is 721 g/mol. The Morgan fingerprint density at radius 2 is 0.893 bits per heavy atom. The lowest BCUT2D eigenvalue weighted by Gasteiger charge is -2.20. The van der Waals surface area contributed by atoms with Crippen LogP contribution in [0.2, 0.25) is 0 Å². The fourth-order valence-corrected chi connectivity index (χ4v) is 7.88. The van der Waals surface area contributed by atoms with Gasteiger partial charge in [-0.3, -0.25) is 13.8 Å². The minimum absolute atomic E-state index is 0.0920. The van der Waals surface area contributed by atoms with Gasteiger partial charge in [0.05, 0.1) is 19.8 Å². The van der Waals surface area contributed by atoms with Gasteiger partial charge in [0.25, 0.3) is 0 Å². The van der Waals surface area contributed by atoms with Gasteiger partial charge in [-0.15, -0.1) is 0 Å². The van der Waals surface area contributed by atoms with E-state index in [4.69, 9.17) is 24.3 Å². The van der Waals surface area contributed by atoms with Crippen molar-refractivity contribution in [3.05, 3.63) is 12.2 Å². The Morgan fingerprint density at radius 1 is 0.518 bits per heavy atom. The lowest BCUT2D eigenvalue weighted by atomic mass is 10.0. The van der Waals surface area contributed by atoms with E-state index in [1.165, 1.54) is 193 Å². The molecule has 0 aromatic heterocycles. The summed E-state index contributed by atoms with van der Waals surface area (Å²) < 4.78 is 33.5. The van der Waals surface area contributed by atoms with E-state index in [0.29, 0.717) is 13.0 Å². The van der Waals surface area contributed by atoms with Gasteiger partial charge in [-0.2, -0.15) is 0 Å². The standard InChI is InChI=1S/C47H94NO7P/c1-3-5-7-9-11-13-15-17-19-21-22-23-25-27-29-31-33-35-37-39-42-52-44-46(45-54-56(50,51)53-43-41-48)55-47(49)40-38-36-34-32-30-28-26-24-20-18-16-14-12-10-8-6-4-2/h17,19,46H,3-16,18,20-45,48H2,1-2H3,(H,50,51)/b19-17-. The zero-order valence-electron chi connectivity index (χ0n) is 37.1. The van der Waals surface area contributed by atoms with Crippen molar-refractivity contribution in [1.29, 1.82) is 0 Å². The molecule has 0 heterocycles. The second-order valence-corrected chi connectivity index (χ2v) is 17.8. The lowest BCUT2D eigenvalue weighted by Crippen LogP contribution is -2.28. The topological polar surface area (TPSA) is 117 Å². The SMILES string of the molecule is CCCCCCCC/C=C\CCCCCCCCCCCCOCC(COP(=O)(O)OCCN)OC(=O)CCCCCCCCCCCCCCCCCCC. The number of carbonyl (C=O) groups excluding carboxylic acids is 1. The number of nitrogens with two attached hydrogens (primary N) is 1. The molecule has 0 amide bonds. The molecule has 0 radical (unpaired) electrons. The Bertz CT molecular complexity index is 873. The average molecular weight is 816 g/mol. The van der Waals surface area contributed by atoms with E-state index in [-0.39, 0.29) is 32.3 Å². The van der Waals surface area contributed by atoms with Crippen LogP contribution in [0.1, 0.15) is 245 Å². The molecule has 0 aliphatic carbocycles. The molecule has 2 unspecified atom stereocenters. The van der Waals surface area contributed by atoms with Crippen LogP contribution in [-0.4, -0.2) is 49.9 Å². The number of esters is 1. The summed E-state index contributed by atoms with van der Waals surface area (Å²) in [6, 6.07) is 0. The Morgan fingerprint density at radius 3 is 1.30 bits per heavy atom. The van der Waals surface area contributed by atoms with Gasteiger partial charge in [0, 0.05) is 19.6 Å². The van der Waals surface area contributed by atoms with Gasteiger partial charge in [-0.1, -0.05) is 212 Å². The number of hydrogen-bond donors (Lipinski definition) is 2. The molecule has 0 aliphatic heterocycles. The summed E-state index contributed by atoms with van der Waals surface area (Å²) in [5.41, 5.74) is 5.38. The summed E-state index contributed by atoms with van der Waals surface area (Å²) in [4.78, 5) is 22.5. The van der Waals surface area contributed by atoms with E-state index in [1.807, 2.05) is 0 Å². The summed E-state index contributed by atoms with van der Waals surface area (Å²) in [6.07, 6.45) is 49.5. The van der Waals surface area contributed by atoms with Gasteiger partial charge in [0.15, 0.2) is 0 Å². The molecule has 0 spiro atoms. The van der Waals surface area contributed by atoms with Gasteiger partial charge >= 0.3 is 13.8 Å². The second kappa shape index (κ2) is 45.3.